The molecule has 1 atom stereocenters. The first-order valence-corrected chi connectivity index (χ1v) is 11.6. The third-order valence-corrected chi connectivity index (χ3v) is 6.98. The van der Waals surface area contributed by atoms with E-state index in [1.165, 1.54) is 0 Å². The van der Waals surface area contributed by atoms with E-state index in [1.807, 2.05) is 60.7 Å². The second-order valence-corrected chi connectivity index (χ2v) is 9.21. The molecular weight excluding hydrogens is 450 g/mol. The number of hydrogen-bond acceptors (Lipinski definition) is 6. The van der Waals surface area contributed by atoms with E-state index in [-0.39, 0.29) is 23.1 Å². The lowest BCUT2D eigenvalue weighted by Gasteiger charge is -2.17. The topological polar surface area (TPSA) is 108 Å². The Morgan fingerprint density at radius 2 is 1.74 bits per heavy atom. The van der Waals surface area contributed by atoms with Crippen molar-refractivity contribution in [3.63, 3.8) is 0 Å². The van der Waals surface area contributed by atoms with Crippen LogP contribution in [0, 0.1) is 0 Å². The molecule has 8 heteroatoms. The smallest absolute Gasteiger partial charge is 0.331 e. The molecule has 2 heterocycles. The summed E-state index contributed by atoms with van der Waals surface area (Å²) in [6, 6.07) is 23.7. The van der Waals surface area contributed by atoms with Gasteiger partial charge in [0.15, 0.2) is 0 Å². The molecule has 170 valence electrons. The van der Waals surface area contributed by atoms with Crippen LogP contribution >= 0.6 is 11.8 Å². The molecule has 34 heavy (non-hydrogen) atoms. The monoisotopic (exact) mass is 471 g/mol. The molecule has 0 radical (unpaired) electrons. The van der Waals surface area contributed by atoms with Crippen molar-refractivity contribution < 1.29 is 10.2 Å². The Morgan fingerprint density at radius 3 is 2.53 bits per heavy atom. The van der Waals surface area contributed by atoms with Gasteiger partial charge in [0.2, 0.25) is 5.88 Å². The fourth-order valence-electron chi connectivity index (χ4n) is 4.01. The second-order valence-electron chi connectivity index (χ2n) is 7.96. The van der Waals surface area contributed by atoms with Gasteiger partial charge in [-0.15, -0.1) is 11.8 Å². The van der Waals surface area contributed by atoms with Gasteiger partial charge >= 0.3 is 5.69 Å². The van der Waals surface area contributed by atoms with E-state index in [0.29, 0.717) is 17.8 Å². The Bertz CT molecular complexity index is 1510. The summed E-state index contributed by atoms with van der Waals surface area (Å²) in [6.07, 6.45) is 0.309. The zero-order valence-corrected chi connectivity index (χ0v) is 18.8. The summed E-state index contributed by atoms with van der Waals surface area (Å²) in [5, 5.41) is 21.0. The summed E-state index contributed by atoms with van der Waals surface area (Å²) in [7, 11) is 0. The number of aromatic hydroxyl groups is 2. The van der Waals surface area contributed by atoms with Gasteiger partial charge in [-0.1, -0.05) is 54.6 Å². The lowest BCUT2D eigenvalue weighted by atomic mass is 10.0. The predicted octanol–water partition coefficient (Wildman–Crippen LogP) is 4.35. The van der Waals surface area contributed by atoms with Crippen LogP contribution in [-0.4, -0.2) is 25.5 Å². The molecule has 4 aromatic rings. The van der Waals surface area contributed by atoms with Crippen molar-refractivity contribution in [2.24, 2.45) is 4.99 Å². The lowest BCUT2D eigenvalue weighted by Crippen LogP contribution is -2.34. The zero-order chi connectivity index (χ0) is 23.7. The largest absolute Gasteiger partial charge is 0.508 e. The molecule has 0 bridgehead atoms. The van der Waals surface area contributed by atoms with E-state index in [9.17, 15) is 19.8 Å². The Balaban J connectivity index is 1.65. The van der Waals surface area contributed by atoms with Gasteiger partial charge in [-0.25, -0.2) is 4.79 Å². The first kappa shape index (κ1) is 21.8. The number of phenols is 1. The van der Waals surface area contributed by atoms with E-state index in [0.717, 1.165) is 20.6 Å². The number of aromatic nitrogens is 2. The van der Waals surface area contributed by atoms with Gasteiger partial charge in [0.1, 0.15) is 11.3 Å². The van der Waals surface area contributed by atoms with Gasteiger partial charge in [0.25, 0.3) is 5.56 Å². The highest BCUT2D eigenvalue weighted by Crippen LogP contribution is 2.46. The van der Waals surface area contributed by atoms with Crippen molar-refractivity contribution in [2.45, 2.75) is 23.1 Å². The zero-order valence-electron chi connectivity index (χ0n) is 18.0. The van der Waals surface area contributed by atoms with Gasteiger partial charge in [0, 0.05) is 16.6 Å². The Labute approximate surface area is 199 Å². The molecule has 1 aromatic heterocycles. The fraction of sp³-hybridized carbons (Fsp3) is 0.115. The van der Waals surface area contributed by atoms with Crippen LogP contribution in [0.5, 0.6) is 11.6 Å². The minimum atomic E-state index is -0.691. The minimum absolute atomic E-state index is 0.0296. The van der Waals surface area contributed by atoms with Crippen molar-refractivity contribution in [3.05, 3.63) is 116 Å². The molecular formula is C26H21N3O4S. The molecule has 0 saturated heterocycles. The van der Waals surface area contributed by atoms with Crippen LogP contribution in [0.3, 0.4) is 0 Å². The summed E-state index contributed by atoms with van der Waals surface area (Å²) in [5.41, 5.74) is 1.30. The summed E-state index contributed by atoms with van der Waals surface area (Å²) in [6.45, 7) is 0.101. The van der Waals surface area contributed by atoms with Crippen LogP contribution in [0.4, 0.5) is 5.69 Å². The second kappa shape index (κ2) is 9.07. The van der Waals surface area contributed by atoms with E-state index in [1.54, 1.807) is 30.0 Å². The number of nitrogens with zero attached hydrogens (tertiary/aromatic N) is 2. The Hall–Kier alpha value is -4.04. The molecule has 0 amide bonds. The van der Waals surface area contributed by atoms with Crippen LogP contribution < -0.4 is 11.2 Å². The molecule has 0 spiro atoms. The number of H-pyrrole nitrogens is 1. The number of para-hydroxylation sites is 1. The van der Waals surface area contributed by atoms with Crippen LogP contribution in [0.15, 0.2) is 98.3 Å². The van der Waals surface area contributed by atoms with Gasteiger partial charge in [-0.3, -0.25) is 19.3 Å². The summed E-state index contributed by atoms with van der Waals surface area (Å²) >= 11 is 1.57. The quantitative estimate of drug-likeness (QED) is 0.410. The molecule has 0 saturated carbocycles. The van der Waals surface area contributed by atoms with Crippen molar-refractivity contribution in [1.29, 1.82) is 0 Å². The highest BCUT2D eigenvalue weighted by Gasteiger charge is 2.27. The first-order chi connectivity index (χ1) is 16.5. The van der Waals surface area contributed by atoms with Crippen LogP contribution in [-0.2, 0) is 6.54 Å². The molecule has 5 rings (SSSR count). The molecule has 0 aliphatic carbocycles. The molecule has 0 unspecified atom stereocenters. The van der Waals surface area contributed by atoms with Gasteiger partial charge in [-0.05, 0) is 35.4 Å². The number of hydrogen-bond donors (Lipinski definition) is 3. The number of thioether (sulfide) groups is 1. The molecule has 3 aromatic carbocycles. The van der Waals surface area contributed by atoms with Gasteiger partial charge in [-0.2, -0.15) is 0 Å². The number of phenolic OH excluding ortho intramolecular Hbond substituents is 1. The highest BCUT2D eigenvalue weighted by atomic mass is 32.2. The number of aliphatic imine (C=N–C) groups is 1. The maximum absolute atomic E-state index is 12.9. The maximum atomic E-state index is 12.9. The normalized spacial score (nSPS) is 15.3. The minimum Gasteiger partial charge on any atom is -0.508 e. The van der Waals surface area contributed by atoms with Crippen molar-refractivity contribution in [2.75, 3.05) is 0 Å². The highest BCUT2D eigenvalue weighted by molar-refractivity contribution is 7.99. The van der Waals surface area contributed by atoms with E-state index >= 15 is 0 Å². The number of fused-ring (bicyclic) bond motifs is 1. The SMILES string of the molecule is O=c1[nH]c(=O)n(Cc2ccccc2)c(O)c1C1=Nc2ccccc2S[C@@H](c2cccc(O)c2)C1. The molecule has 1 aliphatic heterocycles. The van der Waals surface area contributed by atoms with Crippen molar-refractivity contribution >= 4 is 23.2 Å². The third-order valence-electron chi connectivity index (χ3n) is 5.65. The molecule has 1 aliphatic rings. The summed E-state index contributed by atoms with van der Waals surface area (Å²) in [5.74, 6) is -0.276. The third kappa shape index (κ3) is 4.27. The molecule has 0 fully saturated rings. The maximum Gasteiger partial charge on any atom is 0.331 e. The number of benzene rings is 3. The Kier molecular flexibility index (Phi) is 5.81. The molecule has 3 N–H and O–H groups in total. The number of nitrogens with one attached hydrogen (secondary N) is 1. The standard InChI is InChI=1S/C26H21N3O4S/c30-18-10-6-9-17(13-18)22-14-20(27-19-11-4-5-12-21(19)34-22)23-24(31)28-26(33)29(25(23)32)15-16-7-2-1-3-8-16/h1-13,22,30,32H,14-15H2,(H,28,31,33)/t22-/m1/s1. The van der Waals surface area contributed by atoms with Crippen molar-refractivity contribution in [1.82, 2.24) is 9.55 Å². The van der Waals surface area contributed by atoms with E-state index < -0.39 is 17.1 Å². The van der Waals surface area contributed by atoms with Crippen molar-refractivity contribution in [3.8, 4) is 11.6 Å². The van der Waals surface area contributed by atoms with Crippen LogP contribution in [0.2, 0.25) is 0 Å². The molecule has 7 nitrogen and oxygen atoms in total. The first-order valence-electron chi connectivity index (χ1n) is 10.7. The Morgan fingerprint density at radius 1 is 0.971 bits per heavy atom. The van der Waals surface area contributed by atoms with Crippen LogP contribution in [0.25, 0.3) is 0 Å². The fourth-order valence-corrected chi connectivity index (χ4v) is 5.23. The number of rotatable bonds is 4. The van der Waals surface area contributed by atoms with Gasteiger partial charge < -0.3 is 10.2 Å². The summed E-state index contributed by atoms with van der Waals surface area (Å²) < 4.78 is 1.14. The van der Waals surface area contributed by atoms with E-state index in [2.05, 4.69) is 4.98 Å². The predicted molar refractivity (Wildman–Crippen MR) is 132 cm³/mol. The average Bonchev–Trinajstić information content (AvgIpc) is 3.02. The number of aromatic amines is 1. The lowest BCUT2D eigenvalue weighted by molar-refractivity contribution is 0.407. The van der Waals surface area contributed by atoms with Gasteiger partial charge in [0.05, 0.1) is 17.9 Å². The average molecular weight is 472 g/mol. The van der Waals surface area contributed by atoms with Crippen LogP contribution in [0.1, 0.15) is 28.4 Å². The van der Waals surface area contributed by atoms with E-state index in [4.69, 9.17) is 4.99 Å². The summed E-state index contributed by atoms with van der Waals surface area (Å²) in [4.78, 5) is 33.5.